The first-order valence-electron chi connectivity index (χ1n) is 10.9. The molecule has 6 aromatic carbocycles. The Hall–Kier alpha value is -4.50. The smallest absolute Gasteiger partial charge is 0.178 e. The summed E-state index contributed by atoms with van der Waals surface area (Å²) in [6, 6.07) is 31.7. The van der Waals surface area contributed by atoms with Gasteiger partial charge < -0.3 is 14.6 Å². The van der Waals surface area contributed by atoms with E-state index in [1.807, 2.05) is 72.8 Å². The zero-order chi connectivity index (χ0) is 22.1. The standard InChI is InChI=1S/C30H18O3/c31-23-15-13-17-7-1-3-9-19(17)25(23)27-21-11-5-6-12-22(21)28-26-20-10-4-2-8-18(20)14-16-24(26)33-30(28)29(27)32/h1-16,31-32H. The molecule has 156 valence electrons. The van der Waals surface area contributed by atoms with Gasteiger partial charge in [0, 0.05) is 21.9 Å². The van der Waals surface area contributed by atoms with Gasteiger partial charge in [0.05, 0.1) is 0 Å². The summed E-state index contributed by atoms with van der Waals surface area (Å²) in [5, 5.41) is 30.4. The van der Waals surface area contributed by atoms with Crippen LogP contribution < -0.4 is 0 Å². The molecule has 0 amide bonds. The van der Waals surface area contributed by atoms with E-state index < -0.39 is 0 Å². The Morgan fingerprint density at radius 1 is 0.485 bits per heavy atom. The van der Waals surface area contributed by atoms with Gasteiger partial charge in [-0.1, -0.05) is 84.9 Å². The lowest BCUT2D eigenvalue weighted by Gasteiger charge is -2.15. The van der Waals surface area contributed by atoms with E-state index in [0.717, 1.165) is 48.7 Å². The van der Waals surface area contributed by atoms with Crippen LogP contribution in [0.2, 0.25) is 0 Å². The Balaban J connectivity index is 1.76. The van der Waals surface area contributed by atoms with E-state index in [0.29, 0.717) is 16.7 Å². The Morgan fingerprint density at radius 3 is 1.88 bits per heavy atom. The third kappa shape index (κ3) is 2.39. The molecule has 7 rings (SSSR count). The highest BCUT2D eigenvalue weighted by atomic mass is 16.4. The average molecular weight is 426 g/mol. The predicted octanol–water partition coefficient (Wildman–Crippen LogP) is 8.12. The number of rotatable bonds is 1. The maximum absolute atomic E-state index is 11.7. The maximum atomic E-state index is 11.7. The van der Waals surface area contributed by atoms with Gasteiger partial charge in [0.2, 0.25) is 0 Å². The molecule has 0 saturated carbocycles. The highest BCUT2D eigenvalue weighted by molar-refractivity contribution is 6.30. The molecule has 0 aliphatic heterocycles. The van der Waals surface area contributed by atoms with Crippen LogP contribution in [0.1, 0.15) is 0 Å². The van der Waals surface area contributed by atoms with Crippen LogP contribution in [0.4, 0.5) is 0 Å². The number of hydrogen-bond donors (Lipinski definition) is 2. The lowest BCUT2D eigenvalue weighted by Crippen LogP contribution is -1.88. The fourth-order valence-electron chi connectivity index (χ4n) is 5.23. The Kier molecular flexibility index (Phi) is 3.57. The first-order valence-corrected chi connectivity index (χ1v) is 10.9. The van der Waals surface area contributed by atoms with E-state index in [9.17, 15) is 10.2 Å². The summed E-state index contributed by atoms with van der Waals surface area (Å²) in [4.78, 5) is 0. The largest absolute Gasteiger partial charge is 0.507 e. The molecule has 0 fully saturated rings. The molecule has 0 saturated heterocycles. The molecule has 1 heterocycles. The van der Waals surface area contributed by atoms with Crippen LogP contribution in [0.3, 0.4) is 0 Å². The topological polar surface area (TPSA) is 53.6 Å². The molecule has 0 spiro atoms. The van der Waals surface area contributed by atoms with Gasteiger partial charge in [0.15, 0.2) is 11.3 Å². The van der Waals surface area contributed by atoms with Crippen molar-refractivity contribution in [3.63, 3.8) is 0 Å². The molecule has 3 heteroatoms. The van der Waals surface area contributed by atoms with E-state index >= 15 is 0 Å². The van der Waals surface area contributed by atoms with Crippen molar-refractivity contribution >= 4 is 54.3 Å². The van der Waals surface area contributed by atoms with Gasteiger partial charge >= 0.3 is 0 Å². The second-order valence-corrected chi connectivity index (χ2v) is 8.42. The number of fused-ring (bicyclic) bond motifs is 8. The molecular weight excluding hydrogens is 408 g/mol. The quantitative estimate of drug-likeness (QED) is 0.279. The van der Waals surface area contributed by atoms with Gasteiger partial charge in [-0.15, -0.1) is 0 Å². The summed E-state index contributed by atoms with van der Waals surface area (Å²) in [5.41, 5.74) is 2.34. The summed E-state index contributed by atoms with van der Waals surface area (Å²) in [6.07, 6.45) is 0. The van der Waals surface area contributed by atoms with Crippen LogP contribution in [0.15, 0.2) is 101 Å². The van der Waals surface area contributed by atoms with Gasteiger partial charge in [-0.2, -0.15) is 0 Å². The zero-order valence-corrected chi connectivity index (χ0v) is 17.5. The van der Waals surface area contributed by atoms with Crippen molar-refractivity contribution in [2.75, 3.05) is 0 Å². The molecule has 1 aromatic heterocycles. The minimum Gasteiger partial charge on any atom is -0.507 e. The van der Waals surface area contributed by atoms with Gasteiger partial charge in [0.25, 0.3) is 0 Å². The van der Waals surface area contributed by atoms with Crippen molar-refractivity contribution < 1.29 is 14.6 Å². The summed E-state index contributed by atoms with van der Waals surface area (Å²) >= 11 is 0. The third-order valence-electron chi connectivity index (χ3n) is 6.65. The van der Waals surface area contributed by atoms with Crippen molar-refractivity contribution in [2.45, 2.75) is 0 Å². The Labute approximate surface area is 188 Å². The molecule has 0 atom stereocenters. The fourth-order valence-corrected chi connectivity index (χ4v) is 5.23. The van der Waals surface area contributed by atoms with Crippen LogP contribution in [0.5, 0.6) is 11.5 Å². The van der Waals surface area contributed by atoms with Crippen molar-refractivity contribution in [1.82, 2.24) is 0 Å². The van der Waals surface area contributed by atoms with E-state index in [1.54, 1.807) is 6.07 Å². The second-order valence-electron chi connectivity index (χ2n) is 8.42. The molecule has 3 nitrogen and oxygen atoms in total. The van der Waals surface area contributed by atoms with Crippen LogP contribution in [-0.2, 0) is 0 Å². The van der Waals surface area contributed by atoms with Gasteiger partial charge in [-0.05, 0) is 44.5 Å². The minimum atomic E-state index is 0.0376. The SMILES string of the molecule is Oc1ccc2ccccc2c1-c1c(O)c2oc3ccc4ccccc4c3c2c2ccccc12. The fraction of sp³-hybridized carbons (Fsp3) is 0. The van der Waals surface area contributed by atoms with E-state index in [-0.39, 0.29) is 11.5 Å². The Morgan fingerprint density at radius 2 is 1.09 bits per heavy atom. The third-order valence-corrected chi connectivity index (χ3v) is 6.65. The maximum Gasteiger partial charge on any atom is 0.178 e. The number of phenolic OH excluding ortho intramolecular Hbond substituents is 2. The molecule has 0 aliphatic carbocycles. The van der Waals surface area contributed by atoms with Crippen molar-refractivity contribution in [3.8, 4) is 22.6 Å². The molecule has 33 heavy (non-hydrogen) atoms. The second kappa shape index (κ2) is 6.50. The molecule has 7 aromatic rings. The van der Waals surface area contributed by atoms with Gasteiger partial charge in [0.1, 0.15) is 11.3 Å². The van der Waals surface area contributed by atoms with Crippen LogP contribution in [0.25, 0.3) is 65.4 Å². The Bertz CT molecular complexity index is 1890. The summed E-state index contributed by atoms with van der Waals surface area (Å²) in [5.74, 6) is 0.158. The van der Waals surface area contributed by atoms with E-state index in [2.05, 4.69) is 18.2 Å². The first-order chi connectivity index (χ1) is 16.2. The van der Waals surface area contributed by atoms with Crippen LogP contribution >= 0.6 is 0 Å². The molecule has 0 radical (unpaired) electrons. The lowest BCUT2D eigenvalue weighted by molar-refractivity contribution is 0.466. The number of phenols is 2. The van der Waals surface area contributed by atoms with Crippen LogP contribution in [0, 0.1) is 0 Å². The molecular formula is C30H18O3. The van der Waals surface area contributed by atoms with E-state index in [4.69, 9.17) is 4.42 Å². The molecule has 0 bridgehead atoms. The normalized spacial score (nSPS) is 11.9. The van der Waals surface area contributed by atoms with Crippen molar-refractivity contribution in [3.05, 3.63) is 97.1 Å². The summed E-state index contributed by atoms with van der Waals surface area (Å²) < 4.78 is 6.28. The number of aromatic hydroxyl groups is 2. The number of furan rings is 1. The van der Waals surface area contributed by atoms with Gasteiger partial charge in [-0.3, -0.25) is 0 Å². The van der Waals surface area contributed by atoms with Gasteiger partial charge in [-0.25, -0.2) is 0 Å². The first kappa shape index (κ1) is 18.1. The number of benzene rings is 6. The van der Waals surface area contributed by atoms with E-state index in [1.165, 1.54) is 0 Å². The monoisotopic (exact) mass is 426 g/mol. The van der Waals surface area contributed by atoms with Crippen molar-refractivity contribution in [1.29, 1.82) is 0 Å². The van der Waals surface area contributed by atoms with Crippen molar-refractivity contribution in [2.24, 2.45) is 0 Å². The number of hydrogen-bond acceptors (Lipinski definition) is 3. The molecule has 0 aliphatic rings. The highest BCUT2D eigenvalue weighted by Gasteiger charge is 2.24. The van der Waals surface area contributed by atoms with Crippen LogP contribution in [-0.4, -0.2) is 10.2 Å². The zero-order valence-electron chi connectivity index (χ0n) is 17.5. The minimum absolute atomic E-state index is 0.0376. The average Bonchev–Trinajstić information content (AvgIpc) is 3.26. The molecule has 0 unspecified atom stereocenters. The predicted molar refractivity (Wildman–Crippen MR) is 135 cm³/mol. The summed E-state index contributed by atoms with van der Waals surface area (Å²) in [6.45, 7) is 0. The highest BCUT2D eigenvalue weighted by Crippen LogP contribution is 2.51. The molecule has 2 N–H and O–H groups in total. The lowest BCUT2D eigenvalue weighted by atomic mass is 9.90. The summed E-state index contributed by atoms with van der Waals surface area (Å²) in [7, 11) is 0.